The van der Waals surface area contributed by atoms with E-state index >= 15 is 0 Å². The molecule has 3 rings (SSSR count). The van der Waals surface area contributed by atoms with E-state index in [0.29, 0.717) is 6.04 Å². The van der Waals surface area contributed by atoms with Crippen LogP contribution in [0.1, 0.15) is 51.1 Å². The lowest BCUT2D eigenvalue weighted by molar-refractivity contribution is 0.0642. The molecule has 0 spiro atoms. The first kappa shape index (κ1) is 12.0. The highest BCUT2D eigenvalue weighted by Gasteiger charge is 2.33. The second-order valence-electron chi connectivity index (χ2n) is 6.36. The van der Waals surface area contributed by atoms with Gasteiger partial charge in [-0.3, -0.25) is 0 Å². The first-order chi connectivity index (χ1) is 8.64. The van der Waals surface area contributed by atoms with E-state index in [1.807, 2.05) is 0 Å². The van der Waals surface area contributed by atoms with Gasteiger partial charge in [0.05, 0.1) is 0 Å². The van der Waals surface area contributed by atoms with Crippen LogP contribution < -0.4 is 10.1 Å². The van der Waals surface area contributed by atoms with Crippen molar-refractivity contribution in [3.05, 3.63) is 29.8 Å². The second-order valence-corrected chi connectivity index (χ2v) is 6.36. The molecule has 1 atom stereocenters. The number of rotatable bonds is 3. The molecule has 1 aliphatic carbocycles. The molecule has 0 amide bonds. The van der Waals surface area contributed by atoms with Crippen LogP contribution in [-0.4, -0.2) is 12.1 Å². The number of benzene rings is 1. The molecule has 0 saturated heterocycles. The molecule has 1 aliphatic heterocycles. The number of hydrogen-bond acceptors (Lipinski definition) is 2. The lowest BCUT2D eigenvalue weighted by Crippen LogP contribution is -2.41. The SMILES string of the molecule is CC1(C)CC(NCC2CCC2)c2ccccc2O1. The summed E-state index contributed by atoms with van der Waals surface area (Å²) in [6.07, 6.45) is 5.28. The molecule has 0 radical (unpaired) electrons. The van der Waals surface area contributed by atoms with Crippen molar-refractivity contribution in [3.63, 3.8) is 0 Å². The molecular formula is C16H23NO. The summed E-state index contributed by atoms with van der Waals surface area (Å²) in [5.41, 5.74) is 1.27. The maximum atomic E-state index is 6.06. The zero-order chi connectivity index (χ0) is 12.6. The van der Waals surface area contributed by atoms with Crippen molar-refractivity contribution in [1.29, 1.82) is 0 Å². The fourth-order valence-corrected chi connectivity index (χ4v) is 2.99. The molecule has 2 aliphatic rings. The average molecular weight is 245 g/mol. The first-order valence-electron chi connectivity index (χ1n) is 7.15. The Kier molecular flexibility index (Phi) is 3.06. The molecular weight excluding hydrogens is 222 g/mol. The van der Waals surface area contributed by atoms with Crippen molar-refractivity contribution in [1.82, 2.24) is 5.32 Å². The number of hydrogen-bond donors (Lipinski definition) is 1. The van der Waals surface area contributed by atoms with Crippen LogP contribution in [0.3, 0.4) is 0 Å². The summed E-state index contributed by atoms with van der Waals surface area (Å²) < 4.78 is 6.06. The summed E-state index contributed by atoms with van der Waals surface area (Å²) >= 11 is 0. The highest BCUT2D eigenvalue weighted by molar-refractivity contribution is 5.38. The van der Waals surface area contributed by atoms with Gasteiger partial charge in [-0.1, -0.05) is 24.6 Å². The topological polar surface area (TPSA) is 21.3 Å². The van der Waals surface area contributed by atoms with Gasteiger partial charge in [0, 0.05) is 18.0 Å². The van der Waals surface area contributed by atoms with E-state index in [-0.39, 0.29) is 5.60 Å². The van der Waals surface area contributed by atoms with Crippen molar-refractivity contribution in [2.24, 2.45) is 5.92 Å². The Morgan fingerprint density at radius 1 is 1.28 bits per heavy atom. The summed E-state index contributed by atoms with van der Waals surface area (Å²) in [4.78, 5) is 0. The van der Waals surface area contributed by atoms with Gasteiger partial charge < -0.3 is 10.1 Å². The van der Waals surface area contributed by atoms with Gasteiger partial charge >= 0.3 is 0 Å². The first-order valence-corrected chi connectivity index (χ1v) is 7.15. The van der Waals surface area contributed by atoms with Gasteiger partial charge in [0.25, 0.3) is 0 Å². The van der Waals surface area contributed by atoms with Gasteiger partial charge in [-0.15, -0.1) is 0 Å². The van der Waals surface area contributed by atoms with Gasteiger partial charge in [-0.2, -0.15) is 0 Å². The van der Waals surface area contributed by atoms with Crippen LogP contribution in [0.15, 0.2) is 24.3 Å². The predicted octanol–water partition coefficient (Wildman–Crippen LogP) is 3.68. The molecule has 18 heavy (non-hydrogen) atoms. The summed E-state index contributed by atoms with van der Waals surface area (Å²) in [5.74, 6) is 1.96. The van der Waals surface area contributed by atoms with Gasteiger partial charge in [-0.25, -0.2) is 0 Å². The fraction of sp³-hybridized carbons (Fsp3) is 0.625. The van der Waals surface area contributed by atoms with Crippen molar-refractivity contribution >= 4 is 0 Å². The number of ether oxygens (including phenoxy) is 1. The maximum Gasteiger partial charge on any atom is 0.124 e. The van der Waals surface area contributed by atoms with Crippen LogP contribution in [0.2, 0.25) is 0 Å². The molecule has 0 aromatic heterocycles. The van der Waals surface area contributed by atoms with E-state index in [2.05, 4.69) is 43.4 Å². The molecule has 1 saturated carbocycles. The van der Waals surface area contributed by atoms with E-state index in [1.165, 1.54) is 24.8 Å². The quantitative estimate of drug-likeness (QED) is 0.877. The highest BCUT2D eigenvalue weighted by atomic mass is 16.5. The fourth-order valence-electron chi connectivity index (χ4n) is 2.99. The zero-order valence-electron chi connectivity index (χ0n) is 11.4. The lowest BCUT2D eigenvalue weighted by Gasteiger charge is -2.39. The van der Waals surface area contributed by atoms with Crippen LogP contribution in [0, 0.1) is 5.92 Å². The molecule has 2 nitrogen and oxygen atoms in total. The Morgan fingerprint density at radius 3 is 2.78 bits per heavy atom. The lowest BCUT2D eigenvalue weighted by atomic mass is 9.84. The average Bonchev–Trinajstić information content (AvgIpc) is 2.25. The summed E-state index contributed by atoms with van der Waals surface area (Å²) in [6, 6.07) is 8.91. The minimum Gasteiger partial charge on any atom is -0.487 e. The second kappa shape index (κ2) is 4.58. The molecule has 1 N–H and O–H groups in total. The number of nitrogens with one attached hydrogen (secondary N) is 1. The van der Waals surface area contributed by atoms with Gasteiger partial charge in [-0.05, 0) is 45.2 Å². The molecule has 0 bridgehead atoms. The maximum absolute atomic E-state index is 6.06. The Balaban J connectivity index is 1.75. The van der Waals surface area contributed by atoms with Gasteiger partial charge in [0.1, 0.15) is 11.4 Å². The molecule has 1 aromatic carbocycles. The van der Waals surface area contributed by atoms with Crippen molar-refractivity contribution in [3.8, 4) is 5.75 Å². The van der Waals surface area contributed by atoms with Crippen LogP contribution >= 0.6 is 0 Å². The molecule has 98 valence electrons. The molecule has 1 fully saturated rings. The summed E-state index contributed by atoms with van der Waals surface area (Å²) in [6.45, 7) is 5.52. The monoisotopic (exact) mass is 245 g/mol. The summed E-state index contributed by atoms with van der Waals surface area (Å²) in [7, 11) is 0. The Morgan fingerprint density at radius 2 is 2.06 bits per heavy atom. The van der Waals surface area contributed by atoms with Crippen LogP contribution in [0.5, 0.6) is 5.75 Å². The minimum absolute atomic E-state index is 0.0639. The smallest absolute Gasteiger partial charge is 0.124 e. The Bertz CT molecular complexity index is 423. The largest absolute Gasteiger partial charge is 0.487 e. The predicted molar refractivity (Wildman–Crippen MR) is 73.9 cm³/mol. The summed E-state index contributed by atoms with van der Waals surface area (Å²) in [5, 5.41) is 3.76. The zero-order valence-corrected chi connectivity index (χ0v) is 11.4. The number of para-hydroxylation sites is 1. The highest BCUT2D eigenvalue weighted by Crippen LogP contribution is 2.39. The molecule has 1 unspecified atom stereocenters. The molecule has 1 heterocycles. The van der Waals surface area contributed by atoms with Crippen LogP contribution in [-0.2, 0) is 0 Å². The van der Waals surface area contributed by atoms with Gasteiger partial charge in [0.2, 0.25) is 0 Å². The van der Waals surface area contributed by atoms with Crippen molar-refractivity contribution < 1.29 is 4.74 Å². The van der Waals surface area contributed by atoms with E-state index in [9.17, 15) is 0 Å². The minimum atomic E-state index is -0.0639. The Hall–Kier alpha value is -1.02. The normalized spacial score (nSPS) is 26.0. The number of fused-ring (bicyclic) bond motifs is 1. The standard InChI is InChI=1S/C16H23NO/c1-16(2)10-14(17-11-12-6-5-7-12)13-8-3-4-9-15(13)18-16/h3-4,8-9,12,14,17H,5-7,10-11H2,1-2H3. The third kappa shape index (κ3) is 2.39. The molecule has 1 aromatic rings. The van der Waals surface area contributed by atoms with Crippen molar-refractivity contribution in [2.75, 3.05) is 6.54 Å². The van der Waals surface area contributed by atoms with E-state index in [0.717, 1.165) is 24.6 Å². The van der Waals surface area contributed by atoms with E-state index < -0.39 is 0 Å². The van der Waals surface area contributed by atoms with E-state index in [4.69, 9.17) is 4.74 Å². The van der Waals surface area contributed by atoms with E-state index in [1.54, 1.807) is 0 Å². The Labute approximate surface area is 110 Å². The third-order valence-electron chi connectivity index (χ3n) is 4.25. The van der Waals surface area contributed by atoms with Gasteiger partial charge in [0.15, 0.2) is 0 Å². The van der Waals surface area contributed by atoms with Crippen LogP contribution in [0.4, 0.5) is 0 Å². The van der Waals surface area contributed by atoms with Crippen LogP contribution in [0.25, 0.3) is 0 Å². The van der Waals surface area contributed by atoms with Crippen molar-refractivity contribution in [2.45, 2.75) is 51.2 Å². The third-order valence-corrected chi connectivity index (χ3v) is 4.25. The molecule has 2 heteroatoms.